The van der Waals surface area contributed by atoms with Crippen LogP contribution in [0.5, 0.6) is 0 Å². The molecule has 6 heteroatoms. The minimum atomic E-state index is -0.546. The number of amides is 2. The minimum absolute atomic E-state index is 0.107. The average Bonchev–Trinajstić information content (AvgIpc) is 2.41. The molecule has 2 rings (SSSR count). The van der Waals surface area contributed by atoms with Crippen molar-refractivity contribution in [1.82, 2.24) is 0 Å². The zero-order valence-corrected chi connectivity index (χ0v) is 11.2. The molecule has 0 unspecified atom stereocenters. The Balaban J connectivity index is 2.07. The van der Waals surface area contributed by atoms with Crippen LogP contribution in [0, 0.1) is 5.82 Å². The predicted octanol–water partition coefficient (Wildman–Crippen LogP) is 3.10. The summed E-state index contributed by atoms with van der Waals surface area (Å²) in [5.74, 6) is -0.500. The summed E-state index contributed by atoms with van der Waals surface area (Å²) < 4.78 is 13.4. The molecule has 0 aliphatic heterocycles. The van der Waals surface area contributed by atoms with Gasteiger partial charge in [-0.1, -0.05) is 36.5 Å². The molecule has 0 aromatic heterocycles. The number of thiocarbonyl (C=S) groups is 1. The van der Waals surface area contributed by atoms with E-state index in [1.807, 2.05) is 0 Å². The largest absolute Gasteiger partial charge is 0.389 e. The van der Waals surface area contributed by atoms with Crippen molar-refractivity contribution in [2.45, 2.75) is 0 Å². The maximum absolute atomic E-state index is 13.4. The first-order valence-corrected chi connectivity index (χ1v) is 6.19. The van der Waals surface area contributed by atoms with Gasteiger partial charge in [-0.05, 0) is 24.3 Å². The SMILES string of the molecule is NC(=S)c1cccc(NC(=O)Nc2ccccc2F)c1. The molecule has 0 aliphatic rings. The Bertz CT molecular complexity index is 660. The summed E-state index contributed by atoms with van der Waals surface area (Å²) in [4.78, 5) is 12.0. The van der Waals surface area contributed by atoms with Gasteiger partial charge >= 0.3 is 6.03 Å². The maximum Gasteiger partial charge on any atom is 0.323 e. The van der Waals surface area contributed by atoms with Gasteiger partial charge in [0, 0.05) is 11.3 Å². The van der Waals surface area contributed by atoms with Gasteiger partial charge in [-0.2, -0.15) is 0 Å². The van der Waals surface area contributed by atoms with E-state index in [2.05, 4.69) is 10.6 Å². The van der Waals surface area contributed by atoms with Gasteiger partial charge in [0.2, 0.25) is 0 Å². The van der Waals surface area contributed by atoms with Crippen LogP contribution in [0.15, 0.2) is 48.5 Å². The van der Waals surface area contributed by atoms with Crippen molar-refractivity contribution in [2.75, 3.05) is 10.6 Å². The first kappa shape index (κ1) is 14.0. The van der Waals surface area contributed by atoms with Crippen molar-refractivity contribution in [1.29, 1.82) is 0 Å². The summed E-state index contributed by atoms with van der Waals surface area (Å²) in [6.07, 6.45) is 0. The lowest BCUT2D eigenvalue weighted by molar-refractivity contribution is 0.262. The number of urea groups is 1. The van der Waals surface area contributed by atoms with Crippen LogP contribution in [0.2, 0.25) is 0 Å². The third-order valence-corrected chi connectivity index (χ3v) is 2.76. The van der Waals surface area contributed by atoms with E-state index in [4.69, 9.17) is 18.0 Å². The standard InChI is InChI=1S/C14H12FN3OS/c15-11-6-1-2-7-12(11)18-14(19)17-10-5-3-4-9(8-10)13(16)20/h1-8H,(H2,16,20)(H2,17,18,19). The van der Waals surface area contributed by atoms with Crippen molar-refractivity contribution >= 4 is 34.6 Å². The van der Waals surface area contributed by atoms with Crippen molar-refractivity contribution < 1.29 is 9.18 Å². The van der Waals surface area contributed by atoms with Crippen LogP contribution in [0.25, 0.3) is 0 Å². The van der Waals surface area contributed by atoms with Crippen LogP contribution in [0.4, 0.5) is 20.6 Å². The smallest absolute Gasteiger partial charge is 0.323 e. The summed E-state index contributed by atoms with van der Waals surface area (Å²) in [7, 11) is 0. The van der Waals surface area contributed by atoms with Gasteiger partial charge in [0.1, 0.15) is 10.8 Å². The molecule has 102 valence electrons. The van der Waals surface area contributed by atoms with Crippen LogP contribution in [-0.4, -0.2) is 11.0 Å². The third-order valence-electron chi connectivity index (χ3n) is 2.53. The van der Waals surface area contributed by atoms with Crippen LogP contribution in [0.3, 0.4) is 0 Å². The predicted molar refractivity (Wildman–Crippen MR) is 81.4 cm³/mol. The molecule has 2 aromatic carbocycles. The number of carbonyl (C=O) groups is 1. The quantitative estimate of drug-likeness (QED) is 0.761. The molecular formula is C14H12FN3OS. The van der Waals surface area contributed by atoms with Crippen molar-refractivity contribution in [2.24, 2.45) is 5.73 Å². The number of hydrogen-bond acceptors (Lipinski definition) is 2. The number of halogens is 1. The Labute approximate surface area is 120 Å². The van der Waals surface area contributed by atoms with Crippen LogP contribution in [0.1, 0.15) is 5.56 Å². The number of nitrogens with two attached hydrogens (primary N) is 1. The van der Waals surface area contributed by atoms with Crippen molar-refractivity contribution in [3.8, 4) is 0 Å². The van der Waals surface area contributed by atoms with Gasteiger partial charge in [-0.15, -0.1) is 0 Å². The van der Waals surface area contributed by atoms with Crippen LogP contribution in [-0.2, 0) is 0 Å². The highest BCUT2D eigenvalue weighted by Gasteiger charge is 2.07. The molecule has 2 amide bonds. The lowest BCUT2D eigenvalue weighted by Gasteiger charge is -2.09. The number of nitrogens with one attached hydrogen (secondary N) is 2. The molecule has 4 nitrogen and oxygen atoms in total. The normalized spacial score (nSPS) is 9.85. The van der Waals surface area contributed by atoms with Gasteiger partial charge in [-0.25, -0.2) is 9.18 Å². The summed E-state index contributed by atoms with van der Waals surface area (Å²) in [6, 6.07) is 12.1. The van der Waals surface area contributed by atoms with Gasteiger partial charge in [0.15, 0.2) is 0 Å². The van der Waals surface area contributed by atoms with E-state index < -0.39 is 11.8 Å². The molecule has 0 saturated heterocycles. The van der Waals surface area contributed by atoms with E-state index in [0.717, 1.165) is 0 Å². The van der Waals surface area contributed by atoms with E-state index in [0.29, 0.717) is 11.3 Å². The molecule has 0 bridgehead atoms. The van der Waals surface area contributed by atoms with Crippen LogP contribution >= 0.6 is 12.2 Å². The first-order chi connectivity index (χ1) is 9.56. The van der Waals surface area contributed by atoms with Crippen LogP contribution < -0.4 is 16.4 Å². The van der Waals surface area contributed by atoms with Gasteiger partial charge in [-0.3, -0.25) is 0 Å². The Morgan fingerprint density at radius 2 is 1.85 bits per heavy atom. The summed E-state index contributed by atoms with van der Waals surface area (Å²) in [5, 5.41) is 5.00. The lowest BCUT2D eigenvalue weighted by Crippen LogP contribution is -2.20. The Morgan fingerprint density at radius 1 is 1.10 bits per heavy atom. The molecule has 0 spiro atoms. The number of benzene rings is 2. The van der Waals surface area contributed by atoms with Crippen molar-refractivity contribution in [3.05, 3.63) is 59.9 Å². The fourth-order valence-electron chi connectivity index (χ4n) is 1.60. The fourth-order valence-corrected chi connectivity index (χ4v) is 1.72. The molecular weight excluding hydrogens is 277 g/mol. The number of carbonyl (C=O) groups excluding carboxylic acids is 1. The second-order valence-electron chi connectivity index (χ2n) is 4.00. The summed E-state index contributed by atoms with van der Waals surface area (Å²) in [6.45, 7) is 0. The highest BCUT2D eigenvalue weighted by atomic mass is 32.1. The van der Waals surface area contributed by atoms with Gasteiger partial charge in [0.05, 0.1) is 5.69 Å². The molecule has 20 heavy (non-hydrogen) atoms. The highest BCUT2D eigenvalue weighted by molar-refractivity contribution is 7.80. The summed E-state index contributed by atoms with van der Waals surface area (Å²) >= 11 is 4.86. The molecule has 0 atom stereocenters. The molecule has 0 aliphatic carbocycles. The molecule has 4 N–H and O–H groups in total. The second kappa shape index (κ2) is 6.12. The number of anilines is 2. The van der Waals surface area contributed by atoms with Gasteiger partial charge < -0.3 is 16.4 Å². The second-order valence-corrected chi connectivity index (χ2v) is 4.44. The third kappa shape index (κ3) is 3.52. The molecule has 0 saturated carbocycles. The molecule has 2 aromatic rings. The zero-order valence-electron chi connectivity index (χ0n) is 10.4. The molecule has 0 heterocycles. The Kier molecular flexibility index (Phi) is 4.27. The van der Waals surface area contributed by atoms with E-state index in [1.54, 1.807) is 36.4 Å². The number of hydrogen-bond donors (Lipinski definition) is 3. The average molecular weight is 289 g/mol. The van der Waals surface area contributed by atoms with E-state index in [1.165, 1.54) is 12.1 Å². The topological polar surface area (TPSA) is 67.1 Å². The van der Waals surface area contributed by atoms with E-state index >= 15 is 0 Å². The number of para-hydroxylation sites is 1. The Hall–Kier alpha value is -2.47. The fraction of sp³-hybridized carbons (Fsp3) is 0. The molecule has 0 radical (unpaired) electrons. The highest BCUT2D eigenvalue weighted by Crippen LogP contribution is 2.14. The summed E-state index contributed by atoms with van der Waals surface area (Å²) in [5.41, 5.74) is 6.78. The van der Waals surface area contributed by atoms with E-state index in [-0.39, 0.29) is 10.7 Å². The first-order valence-electron chi connectivity index (χ1n) is 5.78. The maximum atomic E-state index is 13.4. The monoisotopic (exact) mass is 289 g/mol. The zero-order chi connectivity index (χ0) is 14.5. The van der Waals surface area contributed by atoms with Crippen molar-refractivity contribution in [3.63, 3.8) is 0 Å². The Morgan fingerprint density at radius 3 is 2.55 bits per heavy atom. The number of rotatable bonds is 3. The van der Waals surface area contributed by atoms with E-state index in [9.17, 15) is 9.18 Å². The minimum Gasteiger partial charge on any atom is -0.389 e. The van der Waals surface area contributed by atoms with Gasteiger partial charge in [0.25, 0.3) is 0 Å². The lowest BCUT2D eigenvalue weighted by atomic mass is 10.2. The molecule has 0 fully saturated rings.